The van der Waals surface area contributed by atoms with Crippen molar-refractivity contribution in [3.63, 3.8) is 0 Å². The first-order chi connectivity index (χ1) is 13.9. The molecule has 1 amide bonds. The minimum absolute atomic E-state index is 0.0870. The molecule has 3 aliphatic heterocycles. The van der Waals surface area contributed by atoms with Crippen LogP contribution in [0.1, 0.15) is 30.9 Å². The summed E-state index contributed by atoms with van der Waals surface area (Å²) < 4.78 is 0. The number of carbonyl (C=O) groups is 1. The van der Waals surface area contributed by atoms with Crippen molar-refractivity contribution in [3.8, 4) is 0 Å². The van der Waals surface area contributed by atoms with Crippen molar-refractivity contribution < 1.29 is 4.79 Å². The van der Waals surface area contributed by atoms with Crippen LogP contribution in [0.2, 0.25) is 0 Å². The minimum Gasteiger partial charge on any atom is -0.362 e. The third kappa shape index (κ3) is 3.90. The molecule has 1 aromatic rings. The Balaban J connectivity index is 1.37. The van der Waals surface area contributed by atoms with Crippen LogP contribution in [-0.4, -0.2) is 92.2 Å². The molecule has 3 aliphatic rings. The molecule has 2 saturated heterocycles. The summed E-state index contributed by atoms with van der Waals surface area (Å²) in [5, 5.41) is 3.40. The van der Waals surface area contributed by atoms with E-state index in [1.807, 2.05) is 0 Å². The Kier molecular flexibility index (Phi) is 5.87. The van der Waals surface area contributed by atoms with E-state index in [0.717, 1.165) is 45.4 Å². The van der Waals surface area contributed by atoms with Crippen LogP contribution in [0.15, 0.2) is 18.2 Å². The van der Waals surface area contributed by atoms with Crippen molar-refractivity contribution in [2.24, 2.45) is 0 Å². The highest BCUT2D eigenvalue weighted by Crippen LogP contribution is 2.34. The molecule has 4 rings (SSSR count). The van der Waals surface area contributed by atoms with E-state index in [1.54, 1.807) is 0 Å². The lowest BCUT2D eigenvalue weighted by Crippen LogP contribution is -2.55. The molecule has 3 heterocycles. The minimum atomic E-state index is -0.0870. The zero-order valence-corrected chi connectivity index (χ0v) is 18.7. The van der Waals surface area contributed by atoms with Gasteiger partial charge in [-0.05, 0) is 51.5 Å². The standard InChI is InChI=1S/C23H37N5O/c1-6-28-19(14-25(3)4)15-27-13-18(10-11-21(27)28)24-23(29)20-12-17-9-7-8-16(2)22(17)26(20)5/h7-9,18-21H,6,10-15H2,1-5H3,(H,24,29). The predicted molar refractivity (Wildman–Crippen MR) is 118 cm³/mol. The Hall–Kier alpha value is -1.63. The Labute approximate surface area is 175 Å². The molecule has 1 aromatic carbocycles. The Morgan fingerprint density at radius 3 is 2.72 bits per heavy atom. The third-order valence-electron chi connectivity index (χ3n) is 7.09. The Morgan fingerprint density at radius 1 is 1.24 bits per heavy atom. The third-order valence-corrected chi connectivity index (χ3v) is 7.09. The van der Waals surface area contributed by atoms with Gasteiger partial charge in [-0.25, -0.2) is 0 Å². The summed E-state index contributed by atoms with van der Waals surface area (Å²) in [4.78, 5) is 22.9. The highest BCUT2D eigenvalue weighted by atomic mass is 16.2. The van der Waals surface area contributed by atoms with Gasteiger partial charge in [0.15, 0.2) is 0 Å². The second-order valence-electron chi connectivity index (χ2n) is 9.38. The molecule has 29 heavy (non-hydrogen) atoms. The van der Waals surface area contributed by atoms with Gasteiger partial charge in [-0.1, -0.05) is 25.1 Å². The fourth-order valence-corrected chi connectivity index (χ4v) is 5.85. The SMILES string of the molecule is CCN1C(CN(C)C)CN2CC(NC(=O)C3Cc4cccc(C)c4N3C)CCC21. The van der Waals surface area contributed by atoms with Gasteiger partial charge in [-0.3, -0.25) is 14.6 Å². The topological polar surface area (TPSA) is 42.1 Å². The number of hydrogen-bond acceptors (Lipinski definition) is 5. The number of hydrogen-bond donors (Lipinski definition) is 1. The van der Waals surface area contributed by atoms with E-state index in [4.69, 9.17) is 0 Å². The average Bonchev–Trinajstić information content (AvgIpc) is 3.18. The van der Waals surface area contributed by atoms with Gasteiger partial charge in [0.05, 0.1) is 6.17 Å². The predicted octanol–water partition coefficient (Wildman–Crippen LogP) is 1.53. The lowest BCUT2D eigenvalue weighted by molar-refractivity contribution is -0.123. The van der Waals surface area contributed by atoms with Gasteiger partial charge in [0, 0.05) is 50.9 Å². The lowest BCUT2D eigenvalue weighted by atomic mass is 10.0. The van der Waals surface area contributed by atoms with E-state index in [9.17, 15) is 4.79 Å². The maximum Gasteiger partial charge on any atom is 0.243 e. The molecular weight excluding hydrogens is 362 g/mol. The molecule has 0 aliphatic carbocycles. The largest absolute Gasteiger partial charge is 0.362 e. The number of anilines is 1. The fraction of sp³-hybridized carbons (Fsp3) is 0.696. The monoisotopic (exact) mass is 399 g/mol. The average molecular weight is 400 g/mol. The van der Waals surface area contributed by atoms with Crippen LogP contribution in [0.4, 0.5) is 5.69 Å². The summed E-state index contributed by atoms with van der Waals surface area (Å²) in [6.07, 6.45) is 3.56. The van der Waals surface area contributed by atoms with Gasteiger partial charge < -0.3 is 15.1 Å². The van der Waals surface area contributed by atoms with Crippen LogP contribution in [0.5, 0.6) is 0 Å². The van der Waals surface area contributed by atoms with Crippen molar-refractivity contribution in [1.82, 2.24) is 20.0 Å². The Bertz CT molecular complexity index is 751. The number of likely N-dealkylation sites (N-methyl/N-ethyl adjacent to an activating group) is 3. The molecule has 4 unspecified atom stereocenters. The van der Waals surface area contributed by atoms with E-state index in [2.05, 4.69) is 78.1 Å². The molecule has 4 atom stereocenters. The highest BCUT2D eigenvalue weighted by Gasteiger charge is 2.42. The summed E-state index contributed by atoms with van der Waals surface area (Å²) in [5.74, 6) is 0.183. The van der Waals surface area contributed by atoms with Gasteiger partial charge in [0.1, 0.15) is 6.04 Å². The maximum absolute atomic E-state index is 13.1. The van der Waals surface area contributed by atoms with Crippen LogP contribution in [0.3, 0.4) is 0 Å². The van der Waals surface area contributed by atoms with Crippen molar-refractivity contribution in [1.29, 1.82) is 0 Å². The van der Waals surface area contributed by atoms with E-state index < -0.39 is 0 Å². The number of amides is 1. The normalized spacial score (nSPS) is 29.9. The van der Waals surface area contributed by atoms with E-state index in [1.165, 1.54) is 16.8 Å². The molecule has 0 spiro atoms. The zero-order chi connectivity index (χ0) is 20.7. The molecule has 0 saturated carbocycles. The molecule has 0 radical (unpaired) electrons. The maximum atomic E-state index is 13.1. The second kappa shape index (κ2) is 8.25. The van der Waals surface area contributed by atoms with Crippen LogP contribution in [-0.2, 0) is 11.2 Å². The van der Waals surface area contributed by atoms with E-state index in [-0.39, 0.29) is 18.0 Å². The van der Waals surface area contributed by atoms with E-state index in [0.29, 0.717) is 12.2 Å². The summed E-state index contributed by atoms with van der Waals surface area (Å²) in [6, 6.07) is 7.15. The lowest BCUT2D eigenvalue weighted by Gasteiger charge is -2.39. The van der Waals surface area contributed by atoms with Gasteiger partial charge in [-0.15, -0.1) is 0 Å². The number of piperidine rings is 1. The molecular formula is C23H37N5O. The van der Waals surface area contributed by atoms with Crippen molar-refractivity contribution >= 4 is 11.6 Å². The number of nitrogens with one attached hydrogen (secondary N) is 1. The van der Waals surface area contributed by atoms with Crippen LogP contribution >= 0.6 is 0 Å². The Morgan fingerprint density at radius 2 is 2.03 bits per heavy atom. The molecule has 6 nitrogen and oxygen atoms in total. The number of benzene rings is 1. The van der Waals surface area contributed by atoms with Crippen LogP contribution in [0, 0.1) is 6.92 Å². The quantitative estimate of drug-likeness (QED) is 0.813. The van der Waals surface area contributed by atoms with Crippen molar-refractivity contribution in [2.75, 3.05) is 52.2 Å². The van der Waals surface area contributed by atoms with Gasteiger partial charge >= 0.3 is 0 Å². The molecule has 6 heteroatoms. The van der Waals surface area contributed by atoms with Gasteiger partial charge in [0.25, 0.3) is 0 Å². The first kappa shape index (κ1) is 20.6. The number of aryl methyl sites for hydroxylation is 1. The fourth-order valence-electron chi connectivity index (χ4n) is 5.85. The zero-order valence-electron chi connectivity index (χ0n) is 18.7. The van der Waals surface area contributed by atoms with Crippen LogP contribution in [0.25, 0.3) is 0 Å². The summed E-state index contributed by atoms with van der Waals surface area (Å²) in [7, 11) is 6.38. The van der Waals surface area contributed by atoms with Crippen molar-refractivity contribution in [3.05, 3.63) is 29.3 Å². The molecule has 2 fully saturated rings. The van der Waals surface area contributed by atoms with Gasteiger partial charge in [0.2, 0.25) is 5.91 Å². The summed E-state index contributed by atoms with van der Waals surface area (Å²) in [6.45, 7) is 8.68. The first-order valence-electron chi connectivity index (χ1n) is 11.1. The number of carbonyl (C=O) groups excluding carboxylic acids is 1. The summed E-state index contributed by atoms with van der Waals surface area (Å²) >= 11 is 0. The number of nitrogens with zero attached hydrogens (tertiary/aromatic N) is 4. The smallest absolute Gasteiger partial charge is 0.243 e. The van der Waals surface area contributed by atoms with Crippen LogP contribution < -0.4 is 10.2 Å². The second-order valence-corrected chi connectivity index (χ2v) is 9.38. The van der Waals surface area contributed by atoms with Gasteiger partial charge in [-0.2, -0.15) is 0 Å². The highest BCUT2D eigenvalue weighted by molar-refractivity contribution is 5.88. The number of fused-ring (bicyclic) bond motifs is 2. The molecule has 1 N–H and O–H groups in total. The number of para-hydroxylation sites is 1. The van der Waals surface area contributed by atoms with Crippen molar-refractivity contribution in [2.45, 2.75) is 57.4 Å². The summed E-state index contributed by atoms with van der Waals surface area (Å²) in [5.41, 5.74) is 3.78. The molecule has 0 bridgehead atoms. The number of rotatable bonds is 5. The molecule has 160 valence electrons. The first-order valence-corrected chi connectivity index (χ1v) is 11.1. The van der Waals surface area contributed by atoms with E-state index >= 15 is 0 Å². The molecule has 0 aromatic heterocycles.